The van der Waals surface area contributed by atoms with Crippen molar-refractivity contribution in [1.29, 1.82) is 0 Å². The molecular weight excluding hydrogens is 878 g/mol. The van der Waals surface area contributed by atoms with Crippen molar-refractivity contribution < 1.29 is 62.2 Å². The SMILES string of the molecule is CC[C@@]1(O)C(=O)OCc2c1cc1n(c2=O)Cc2cc3c(CCCCOCNC(=O)[C@H](C)NC(=O)[C@@H](NC(=O)CNC(=O)CCCCC(=O)ON4C(=O)C=CC4=O)C(C)C)c(C)c(F)cc3nc2-1. The summed E-state index contributed by atoms with van der Waals surface area (Å²) in [5.74, 6) is -6.27. The second kappa shape index (κ2) is 21.2. The Labute approximate surface area is 383 Å². The fourth-order valence-electron chi connectivity index (χ4n) is 8.01. The van der Waals surface area contributed by atoms with Crippen LogP contribution in [0, 0.1) is 18.7 Å². The number of ether oxygens (including phenoxy) is 2. The number of benzene rings is 1. The molecule has 21 heteroatoms. The quantitative estimate of drug-likeness (QED) is 0.0344. The van der Waals surface area contributed by atoms with E-state index in [1.165, 1.54) is 17.6 Å². The van der Waals surface area contributed by atoms with Crippen molar-refractivity contribution in [3.8, 4) is 11.4 Å². The summed E-state index contributed by atoms with van der Waals surface area (Å²) in [5.41, 5.74) is 1.32. The molecule has 67 heavy (non-hydrogen) atoms. The molecule has 5 heterocycles. The minimum absolute atomic E-state index is 0.00993. The molecule has 358 valence electrons. The highest BCUT2D eigenvalue weighted by atomic mass is 19.1. The van der Waals surface area contributed by atoms with Crippen molar-refractivity contribution in [2.45, 2.75) is 117 Å². The van der Waals surface area contributed by atoms with Gasteiger partial charge in [0.05, 0.1) is 35.6 Å². The largest absolute Gasteiger partial charge is 0.458 e. The Morgan fingerprint density at radius 2 is 1.64 bits per heavy atom. The highest BCUT2D eigenvalue weighted by Gasteiger charge is 2.45. The molecule has 0 saturated carbocycles. The van der Waals surface area contributed by atoms with Crippen LogP contribution in [0.25, 0.3) is 22.3 Å². The number of carbonyl (C=O) groups is 8. The van der Waals surface area contributed by atoms with Gasteiger partial charge in [-0.05, 0) is 81.5 Å². The van der Waals surface area contributed by atoms with Crippen LogP contribution in [-0.2, 0) is 77.8 Å². The van der Waals surface area contributed by atoms with E-state index in [1.807, 2.05) is 6.07 Å². The second-order valence-electron chi connectivity index (χ2n) is 16.9. The fraction of sp³-hybridized carbons (Fsp3) is 0.478. The first-order valence-electron chi connectivity index (χ1n) is 22.1. The molecule has 0 fully saturated rings. The van der Waals surface area contributed by atoms with E-state index in [1.54, 1.807) is 33.8 Å². The number of aryl methyl sites for hydroxylation is 1. The van der Waals surface area contributed by atoms with Crippen molar-refractivity contribution in [2.75, 3.05) is 19.9 Å². The van der Waals surface area contributed by atoms with E-state index in [0.29, 0.717) is 46.8 Å². The number of carbonyl (C=O) groups excluding carboxylic acids is 8. The molecule has 0 spiro atoms. The van der Waals surface area contributed by atoms with Gasteiger partial charge in [-0.3, -0.25) is 33.6 Å². The van der Waals surface area contributed by atoms with Crippen LogP contribution < -0.4 is 26.8 Å². The molecule has 1 aromatic carbocycles. The van der Waals surface area contributed by atoms with Crippen molar-refractivity contribution in [3.05, 3.63) is 74.3 Å². The molecule has 0 bridgehead atoms. The van der Waals surface area contributed by atoms with E-state index < -0.39 is 77.4 Å². The van der Waals surface area contributed by atoms with E-state index in [4.69, 9.17) is 19.3 Å². The Kier molecular flexibility index (Phi) is 15.7. The lowest BCUT2D eigenvalue weighted by molar-refractivity contribution is -0.196. The fourth-order valence-corrected chi connectivity index (χ4v) is 8.01. The Balaban J connectivity index is 0.907. The molecule has 6 rings (SSSR count). The van der Waals surface area contributed by atoms with Gasteiger partial charge in [-0.2, -0.15) is 0 Å². The van der Waals surface area contributed by atoms with Gasteiger partial charge in [0.25, 0.3) is 17.4 Å². The van der Waals surface area contributed by atoms with E-state index in [2.05, 4.69) is 21.3 Å². The van der Waals surface area contributed by atoms with Gasteiger partial charge in [0.1, 0.15) is 31.2 Å². The first-order chi connectivity index (χ1) is 31.8. The molecule has 0 saturated heterocycles. The molecular formula is C46H54FN7O13. The lowest BCUT2D eigenvalue weighted by Crippen LogP contribution is -2.55. The number of pyridine rings is 2. The highest BCUT2D eigenvalue weighted by molar-refractivity contribution is 6.12. The van der Waals surface area contributed by atoms with Gasteiger partial charge in [0, 0.05) is 54.2 Å². The van der Waals surface area contributed by atoms with Crippen molar-refractivity contribution in [1.82, 2.24) is 35.9 Å². The predicted molar refractivity (Wildman–Crippen MR) is 234 cm³/mol. The monoisotopic (exact) mass is 931 g/mol. The number of nitrogens with zero attached hydrogens (tertiary/aromatic N) is 3. The van der Waals surface area contributed by atoms with Crippen molar-refractivity contribution >= 4 is 58.3 Å². The number of imide groups is 1. The van der Waals surface area contributed by atoms with Crippen LogP contribution >= 0.6 is 0 Å². The number of halogens is 1. The number of fused-ring (bicyclic) bond motifs is 5. The average molecular weight is 932 g/mol. The molecule has 0 unspecified atom stereocenters. The van der Waals surface area contributed by atoms with Gasteiger partial charge in [-0.25, -0.2) is 19.0 Å². The van der Waals surface area contributed by atoms with Crippen LogP contribution in [0.1, 0.15) is 100 Å². The average Bonchev–Trinajstić information content (AvgIpc) is 3.81. The molecule has 5 N–H and O–H groups in total. The number of amides is 6. The molecule has 6 amide bonds. The first kappa shape index (κ1) is 49.6. The minimum atomic E-state index is -1.97. The highest BCUT2D eigenvalue weighted by Crippen LogP contribution is 2.39. The Morgan fingerprint density at radius 1 is 0.925 bits per heavy atom. The number of aromatic nitrogens is 2. The Morgan fingerprint density at radius 3 is 2.34 bits per heavy atom. The van der Waals surface area contributed by atoms with Gasteiger partial charge >= 0.3 is 11.9 Å². The summed E-state index contributed by atoms with van der Waals surface area (Å²) < 4.78 is 27.6. The second-order valence-corrected chi connectivity index (χ2v) is 16.9. The number of aliphatic hydroxyl groups is 1. The van der Waals surface area contributed by atoms with Gasteiger partial charge in [-0.15, -0.1) is 0 Å². The number of cyclic esters (lactones) is 1. The molecule has 3 aromatic rings. The summed E-state index contributed by atoms with van der Waals surface area (Å²) in [4.78, 5) is 121. The van der Waals surface area contributed by atoms with E-state index in [9.17, 15) is 48.3 Å². The van der Waals surface area contributed by atoms with Gasteiger partial charge in [0.15, 0.2) is 5.60 Å². The zero-order valence-corrected chi connectivity index (χ0v) is 37.9. The molecule has 20 nitrogen and oxygen atoms in total. The molecule has 3 aliphatic heterocycles. The van der Waals surface area contributed by atoms with Gasteiger partial charge in [0.2, 0.25) is 23.6 Å². The number of hydroxylamine groups is 2. The van der Waals surface area contributed by atoms with E-state index >= 15 is 4.39 Å². The summed E-state index contributed by atoms with van der Waals surface area (Å²) in [7, 11) is 0. The zero-order chi connectivity index (χ0) is 48.7. The van der Waals surface area contributed by atoms with Gasteiger partial charge < -0.3 is 45.3 Å². The lowest BCUT2D eigenvalue weighted by Gasteiger charge is -2.31. The molecule has 3 atom stereocenters. The summed E-state index contributed by atoms with van der Waals surface area (Å²) >= 11 is 0. The smallest absolute Gasteiger partial charge is 0.343 e. The van der Waals surface area contributed by atoms with Crippen LogP contribution in [-0.4, -0.2) is 99.1 Å². The van der Waals surface area contributed by atoms with Crippen LogP contribution in [0.2, 0.25) is 0 Å². The number of hydrogen-bond donors (Lipinski definition) is 5. The third-order valence-electron chi connectivity index (χ3n) is 11.9. The number of nitrogens with one attached hydrogen (secondary N) is 4. The Hall–Kier alpha value is -6.87. The first-order valence-corrected chi connectivity index (χ1v) is 22.1. The number of rotatable bonds is 21. The Bertz CT molecular complexity index is 2590. The standard InChI is InChI=1S/C46H54FN7O13/c1-6-46(64)31-18-34-41-27(21-53(34)44(62)30(31)22-66-45(46)63)17-29-28(25(4)32(47)19-33(29)51-41)11-9-10-16-65-23-49-42(60)26(5)50-43(61)40(24(2)3)52-36(56)20-48-35(55)12-7-8-13-39(59)67-54-37(57)14-15-38(54)58/h14-15,17-19,24,26,40,64H,6-13,16,20-23H2,1-5H3,(H,48,55)(H,49,60)(H,50,61)(H,52,56)/t26-,40-,46-/m0/s1. The van der Waals surface area contributed by atoms with Crippen molar-refractivity contribution in [2.24, 2.45) is 5.92 Å². The minimum Gasteiger partial charge on any atom is -0.458 e. The van der Waals surface area contributed by atoms with Gasteiger partial charge in [-0.1, -0.05) is 25.8 Å². The van der Waals surface area contributed by atoms with E-state index in [0.717, 1.165) is 28.7 Å². The summed E-state index contributed by atoms with van der Waals surface area (Å²) in [6, 6.07) is 2.86. The summed E-state index contributed by atoms with van der Waals surface area (Å²) in [6.07, 6.45) is 3.89. The van der Waals surface area contributed by atoms with Crippen molar-refractivity contribution in [3.63, 3.8) is 0 Å². The number of esters is 1. The third-order valence-corrected chi connectivity index (χ3v) is 11.9. The normalized spacial score (nSPS) is 16.8. The summed E-state index contributed by atoms with van der Waals surface area (Å²) in [6.45, 7) is 7.83. The maximum Gasteiger partial charge on any atom is 0.343 e. The number of unbranched alkanes of at least 4 members (excludes halogenated alkanes) is 2. The topological polar surface area (TPSA) is 271 Å². The van der Waals surface area contributed by atoms with Crippen LogP contribution in [0.15, 0.2) is 35.1 Å². The summed E-state index contributed by atoms with van der Waals surface area (Å²) in [5, 5.41) is 22.4. The lowest BCUT2D eigenvalue weighted by atomic mass is 9.86. The molecule has 0 aliphatic carbocycles. The van der Waals surface area contributed by atoms with Crippen LogP contribution in [0.5, 0.6) is 0 Å². The van der Waals surface area contributed by atoms with Crippen LogP contribution in [0.4, 0.5) is 4.39 Å². The van der Waals surface area contributed by atoms with Crippen LogP contribution in [0.3, 0.4) is 0 Å². The molecule has 3 aliphatic rings. The molecule has 2 aromatic heterocycles. The number of hydrogen-bond acceptors (Lipinski definition) is 14. The molecule has 0 radical (unpaired) electrons. The predicted octanol–water partition coefficient (Wildman–Crippen LogP) is 1.65. The maximum absolute atomic E-state index is 15.3. The maximum atomic E-state index is 15.3. The zero-order valence-electron chi connectivity index (χ0n) is 37.9. The third kappa shape index (κ3) is 11.1. The van der Waals surface area contributed by atoms with E-state index in [-0.39, 0.29) is 81.2 Å².